The number of nitrogens with zero attached hydrogens (tertiary/aromatic N) is 1. The van der Waals surface area contributed by atoms with Gasteiger partial charge in [0.2, 0.25) is 0 Å². The van der Waals surface area contributed by atoms with Gasteiger partial charge in [-0.1, -0.05) is 6.07 Å². The first-order valence-corrected chi connectivity index (χ1v) is 6.68. The standard InChI is InChI=1S/C13H15N3O2S/c1-3-18-12(17)9-5-4-6-10(14)11(9)16-13-15-7-8(2)19-13/h4-7H,3,14H2,1-2H3,(H,15,16). The van der Waals surface area contributed by atoms with E-state index in [1.807, 2.05) is 6.92 Å². The molecule has 2 aromatic rings. The Morgan fingerprint density at radius 1 is 1.53 bits per heavy atom. The van der Waals surface area contributed by atoms with Gasteiger partial charge in [-0.15, -0.1) is 11.3 Å². The molecular formula is C13H15N3O2S. The minimum Gasteiger partial charge on any atom is -0.462 e. The smallest absolute Gasteiger partial charge is 0.340 e. The molecular weight excluding hydrogens is 262 g/mol. The van der Waals surface area contributed by atoms with Crippen molar-refractivity contribution < 1.29 is 9.53 Å². The lowest BCUT2D eigenvalue weighted by Gasteiger charge is -2.11. The number of para-hydroxylation sites is 1. The number of aromatic nitrogens is 1. The number of ether oxygens (including phenoxy) is 1. The zero-order valence-electron chi connectivity index (χ0n) is 10.8. The summed E-state index contributed by atoms with van der Waals surface area (Å²) in [6, 6.07) is 5.13. The van der Waals surface area contributed by atoms with Crippen molar-refractivity contribution >= 4 is 33.8 Å². The first-order chi connectivity index (χ1) is 9.11. The molecule has 19 heavy (non-hydrogen) atoms. The number of esters is 1. The molecule has 3 N–H and O–H groups in total. The van der Waals surface area contributed by atoms with Crippen LogP contribution in [0.5, 0.6) is 0 Å². The van der Waals surface area contributed by atoms with Gasteiger partial charge in [0.25, 0.3) is 0 Å². The molecule has 0 aliphatic heterocycles. The topological polar surface area (TPSA) is 77.2 Å². The number of carbonyl (C=O) groups excluding carboxylic acids is 1. The van der Waals surface area contributed by atoms with Gasteiger partial charge in [0.1, 0.15) is 0 Å². The van der Waals surface area contributed by atoms with Crippen molar-refractivity contribution in [3.05, 3.63) is 34.8 Å². The Morgan fingerprint density at radius 3 is 2.95 bits per heavy atom. The number of rotatable bonds is 4. The molecule has 0 spiro atoms. The lowest BCUT2D eigenvalue weighted by atomic mass is 10.1. The fourth-order valence-corrected chi connectivity index (χ4v) is 2.28. The predicted octanol–water partition coefficient (Wildman–Crippen LogP) is 2.95. The summed E-state index contributed by atoms with van der Waals surface area (Å²) in [7, 11) is 0. The number of thiazole rings is 1. The molecule has 5 nitrogen and oxygen atoms in total. The maximum Gasteiger partial charge on any atom is 0.340 e. The predicted molar refractivity (Wildman–Crippen MR) is 76.9 cm³/mol. The lowest BCUT2D eigenvalue weighted by molar-refractivity contribution is 0.0527. The van der Waals surface area contributed by atoms with E-state index < -0.39 is 5.97 Å². The van der Waals surface area contributed by atoms with E-state index >= 15 is 0 Å². The number of nitrogens with two attached hydrogens (primary N) is 1. The fraction of sp³-hybridized carbons (Fsp3) is 0.231. The molecule has 0 bridgehead atoms. The third kappa shape index (κ3) is 3.03. The normalized spacial score (nSPS) is 10.2. The molecule has 2 rings (SSSR count). The van der Waals surface area contributed by atoms with E-state index in [2.05, 4.69) is 10.3 Å². The molecule has 0 unspecified atom stereocenters. The Kier molecular flexibility index (Phi) is 4.01. The number of carbonyl (C=O) groups is 1. The number of nitrogen functional groups attached to an aromatic ring is 1. The average molecular weight is 277 g/mol. The number of benzene rings is 1. The van der Waals surface area contributed by atoms with Crippen molar-refractivity contribution in [2.24, 2.45) is 0 Å². The number of hydrogen-bond donors (Lipinski definition) is 2. The summed E-state index contributed by atoms with van der Waals surface area (Å²) in [5.41, 5.74) is 7.35. The Bertz CT molecular complexity index is 595. The van der Waals surface area contributed by atoms with E-state index in [0.29, 0.717) is 28.7 Å². The zero-order valence-corrected chi connectivity index (χ0v) is 11.6. The molecule has 1 heterocycles. The Labute approximate surface area is 115 Å². The van der Waals surface area contributed by atoms with Gasteiger partial charge < -0.3 is 15.8 Å². The summed E-state index contributed by atoms with van der Waals surface area (Å²) in [5, 5.41) is 3.78. The van der Waals surface area contributed by atoms with Crippen LogP contribution in [0.3, 0.4) is 0 Å². The van der Waals surface area contributed by atoms with Crippen molar-refractivity contribution in [2.75, 3.05) is 17.7 Å². The summed E-state index contributed by atoms with van der Waals surface area (Å²) < 4.78 is 5.02. The minimum atomic E-state index is -0.398. The molecule has 100 valence electrons. The highest BCUT2D eigenvalue weighted by atomic mass is 32.1. The van der Waals surface area contributed by atoms with Crippen molar-refractivity contribution in [3.8, 4) is 0 Å². The number of hydrogen-bond acceptors (Lipinski definition) is 6. The van der Waals surface area contributed by atoms with E-state index in [0.717, 1.165) is 4.88 Å². The van der Waals surface area contributed by atoms with Gasteiger partial charge in [-0.25, -0.2) is 9.78 Å². The Hall–Kier alpha value is -2.08. The summed E-state index contributed by atoms with van der Waals surface area (Å²) in [6.07, 6.45) is 1.76. The van der Waals surface area contributed by atoms with Gasteiger partial charge in [0, 0.05) is 11.1 Å². The zero-order chi connectivity index (χ0) is 13.8. The van der Waals surface area contributed by atoms with Crippen LogP contribution in [0.15, 0.2) is 24.4 Å². The highest BCUT2D eigenvalue weighted by Gasteiger charge is 2.15. The van der Waals surface area contributed by atoms with Crippen LogP contribution in [0.4, 0.5) is 16.5 Å². The highest BCUT2D eigenvalue weighted by molar-refractivity contribution is 7.15. The largest absolute Gasteiger partial charge is 0.462 e. The average Bonchev–Trinajstić information content (AvgIpc) is 2.78. The molecule has 0 fully saturated rings. The number of aryl methyl sites for hydroxylation is 1. The van der Waals surface area contributed by atoms with Gasteiger partial charge in [0.05, 0.1) is 23.5 Å². The maximum absolute atomic E-state index is 11.9. The fourth-order valence-electron chi connectivity index (χ4n) is 1.61. The van der Waals surface area contributed by atoms with E-state index in [4.69, 9.17) is 10.5 Å². The second kappa shape index (κ2) is 5.71. The van der Waals surface area contributed by atoms with Crippen LogP contribution in [0.25, 0.3) is 0 Å². The molecule has 0 saturated heterocycles. The quantitative estimate of drug-likeness (QED) is 0.663. The van der Waals surface area contributed by atoms with Crippen molar-refractivity contribution in [3.63, 3.8) is 0 Å². The van der Waals surface area contributed by atoms with Crippen molar-refractivity contribution in [2.45, 2.75) is 13.8 Å². The van der Waals surface area contributed by atoms with E-state index in [1.54, 1.807) is 31.3 Å². The maximum atomic E-state index is 11.9. The molecule has 0 aliphatic carbocycles. The molecule has 0 radical (unpaired) electrons. The van der Waals surface area contributed by atoms with Crippen molar-refractivity contribution in [1.29, 1.82) is 0 Å². The van der Waals surface area contributed by atoms with E-state index in [-0.39, 0.29) is 0 Å². The monoisotopic (exact) mass is 277 g/mol. The van der Waals surface area contributed by atoms with Gasteiger partial charge >= 0.3 is 5.97 Å². The minimum absolute atomic E-state index is 0.323. The third-order valence-corrected chi connectivity index (χ3v) is 3.27. The molecule has 0 amide bonds. The van der Waals surface area contributed by atoms with E-state index in [1.165, 1.54) is 11.3 Å². The molecule has 1 aromatic carbocycles. The first kappa shape index (κ1) is 13.4. The Morgan fingerprint density at radius 2 is 2.32 bits per heavy atom. The second-order valence-corrected chi connectivity index (χ2v) is 5.13. The van der Waals surface area contributed by atoms with Crippen LogP contribution in [0.2, 0.25) is 0 Å². The first-order valence-electron chi connectivity index (χ1n) is 5.87. The number of anilines is 3. The SMILES string of the molecule is CCOC(=O)c1cccc(N)c1Nc1ncc(C)s1. The molecule has 6 heteroatoms. The second-order valence-electron chi connectivity index (χ2n) is 3.89. The summed E-state index contributed by atoms with van der Waals surface area (Å²) in [5.74, 6) is -0.398. The van der Waals surface area contributed by atoms with Crippen LogP contribution in [-0.2, 0) is 4.74 Å². The number of nitrogens with one attached hydrogen (secondary N) is 1. The van der Waals surface area contributed by atoms with E-state index in [9.17, 15) is 4.79 Å². The molecule has 0 aliphatic rings. The van der Waals surface area contributed by atoms with Gasteiger partial charge in [-0.3, -0.25) is 0 Å². The van der Waals surface area contributed by atoms with Crippen LogP contribution < -0.4 is 11.1 Å². The lowest BCUT2D eigenvalue weighted by Crippen LogP contribution is -2.09. The molecule has 0 saturated carbocycles. The summed E-state index contributed by atoms with van der Waals surface area (Å²) >= 11 is 1.50. The van der Waals surface area contributed by atoms with Crippen LogP contribution >= 0.6 is 11.3 Å². The molecule has 0 atom stereocenters. The molecule has 1 aromatic heterocycles. The van der Waals surface area contributed by atoms with Gasteiger partial charge in [-0.2, -0.15) is 0 Å². The third-order valence-electron chi connectivity index (χ3n) is 2.45. The van der Waals surface area contributed by atoms with Crippen LogP contribution in [0, 0.1) is 6.92 Å². The van der Waals surface area contributed by atoms with Gasteiger partial charge in [0.15, 0.2) is 5.13 Å². The van der Waals surface area contributed by atoms with Crippen LogP contribution in [0.1, 0.15) is 22.2 Å². The highest BCUT2D eigenvalue weighted by Crippen LogP contribution is 2.29. The summed E-state index contributed by atoms with van der Waals surface area (Å²) in [4.78, 5) is 17.2. The Balaban J connectivity index is 2.35. The summed E-state index contributed by atoms with van der Waals surface area (Å²) in [6.45, 7) is 4.05. The van der Waals surface area contributed by atoms with Gasteiger partial charge in [-0.05, 0) is 26.0 Å². The van der Waals surface area contributed by atoms with Crippen molar-refractivity contribution in [1.82, 2.24) is 4.98 Å². The van der Waals surface area contributed by atoms with Crippen LogP contribution in [-0.4, -0.2) is 17.6 Å².